The summed E-state index contributed by atoms with van der Waals surface area (Å²) in [5.74, 6) is -0.762. The lowest BCUT2D eigenvalue weighted by Crippen LogP contribution is -2.37. The Morgan fingerprint density at radius 3 is 1.69 bits per heavy atom. The number of hydrogen-bond donors (Lipinski definition) is 0. The van der Waals surface area contributed by atoms with Gasteiger partial charge in [-0.3, -0.25) is 9.59 Å². The van der Waals surface area contributed by atoms with Crippen molar-refractivity contribution in [2.45, 2.75) is 53.5 Å². The summed E-state index contributed by atoms with van der Waals surface area (Å²) in [5.41, 5.74) is 1.10. The van der Waals surface area contributed by atoms with Crippen LogP contribution in [0.2, 0.25) is 0 Å². The lowest BCUT2D eigenvalue weighted by Gasteiger charge is -2.28. The molecule has 0 saturated carbocycles. The minimum absolute atomic E-state index is 0.0447. The summed E-state index contributed by atoms with van der Waals surface area (Å²) in [6, 6.07) is 19.3. The van der Waals surface area contributed by atoms with Crippen LogP contribution in [0.5, 0.6) is 0 Å². The number of aldehydes is 1. The van der Waals surface area contributed by atoms with Crippen molar-refractivity contribution in [1.29, 1.82) is 0 Å². The first-order valence-corrected chi connectivity index (χ1v) is 12.0. The van der Waals surface area contributed by atoms with Gasteiger partial charge in [0.2, 0.25) is 5.91 Å². The SMILES string of the molecule is CCC(C)(C)C(=O)N(C)Cc1ccccc1F.CCCc1ccccc1F.O=Cc1ccccc1F. The number of halogens is 3. The van der Waals surface area contributed by atoms with E-state index in [1.807, 2.05) is 39.8 Å². The molecule has 0 saturated heterocycles. The van der Waals surface area contributed by atoms with Crippen molar-refractivity contribution >= 4 is 12.2 Å². The summed E-state index contributed by atoms with van der Waals surface area (Å²) in [4.78, 5) is 23.7. The Balaban J connectivity index is 0.000000290. The highest BCUT2D eigenvalue weighted by Gasteiger charge is 2.28. The highest BCUT2D eigenvalue weighted by atomic mass is 19.1. The van der Waals surface area contributed by atoms with Crippen molar-refractivity contribution in [2.75, 3.05) is 7.05 Å². The van der Waals surface area contributed by atoms with E-state index in [1.54, 1.807) is 48.3 Å². The van der Waals surface area contributed by atoms with E-state index in [9.17, 15) is 22.8 Å². The van der Waals surface area contributed by atoms with Crippen molar-refractivity contribution < 1.29 is 22.8 Å². The molecule has 3 rings (SSSR count). The zero-order valence-corrected chi connectivity index (χ0v) is 21.7. The van der Waals surface area contributed by atoms with Crippen molar-refractivity contribution in [2.24, 2.45) is 5.41 Å². The first kappa shape index (κ1) is 30.6. The van der Waals surface area contributed by atoms with Crippen LogP contribution < -0.4 is 0 Å². The number of nitrogens with zero attached hydrogens (tertiary/aromatic N) is 1. The van der Waals surface area contributed by atoms with Gasteiger partial charge in [-0.25, -0.2) is 13.2 Å². The molecule has 1 amide bonds. The fourth-order valence-corrected chi connectivity index (χ4v) is 3.16. The predicted molar refractivity (Wildman–Crippen MR) is 139 cm³/mol. The maximum Gasteiger partial charge on any atom is 0.228 e. The molecule has 0 fully saturated rings. The largest absolute Gasteiger partial charge is 0.341 e. The van der Waals surface area contributed by atoms with Crippen LogP contribution in [0, 0.1) is 22.9 Å². The van der Waals surface area contributed by atoms with Crippen molar-refractivity contribution in [1.82, 2.24) is 4.90 Å². The molecular formula is C30H36F3NO2. The highest BCUT2D eigenvalue weighted by Crippen LogP contribution is 2.23. The third-order valence-electron chi connectivity index (χ3n) is 5.68. The van der Waals surface area contributed by atoms with E-state index in [0.29, 0.717) is 18.4 Å². The van der Waals surface area contributed by atoms with E-state index < -0.39 is 5.82 Å². The molecule has 0 aliphatic carbocycles. The zero-order chi connectivity index (χ0) is 27.1. The maximum absolute atomic E-state index is 13.5. The standard InChI is InChI=1S/C14H20FNO.C9H11F.C7H5FO/c1-5-14(2,3)13(17)16(4)10-11-8-6-7-9-12(11)15;1-2-5-8-6-3-4-7-9(8)10;8-7-4-2-1-3-6(7)5-9/h6-9H,5,10H2,1-4H3;3-4,6-7H,2,5H2,1H3;1-5H. The van der Waals surface area contributed by atoms with Gasteiger partial charge in [-0.2, -0.15) is 0 Å². The number of aryl methyl sites for hydroxylation is 1. The van der Waals surface area contributed by atoms with Crippen LogP contribution in [-0.2, 0) is 17.8 Å². The van der Waals surface area contributed by atoms with E-state index in [2.05, 4.69) is 0 Å². The van der Waals surface area contributed by atoms with Crippen LogP contribution in [0.1, 0.15) is 62.0 Å². The van der Waals surface area contributed by atoms with Gasteiger partial charge >= 0.3 is 0 Å². The second-order valence-electron chi connectivity index (χ2n) is 8.97. The molecule has 194 valence electrons. The molecule has 0 aromatic heterocycles. The molecule has 0 unspecified atom stereocenters. The van der Waals surface area contributed by atoms with Crippen LogP contribution in [0.15, 0.2) is 72.8 Å². The van der Waals surface area contributed by atoms with Crippen molar-refractivity contribution in [3.63, 3.8) is 0 Å². The molecule has 0 bridgehead atoms. The molecular weight excluding hydrogens is 463 g/mol. The van der Waals surface area contributed by atoms with Crippen LogP contribution in [0.4, 0.5) is 13.2 Å². The van der Waals surface area contributed by atoms with E-state index >= 15 is 0 Å². The Labute approximate surface area is 213 Å². The zero-order valence-electron chi connectivity index (χ0n) is 21.7. The minimum atomic E-state index is -0.465. The van der Waals surface area contributed by atoms with Gasteiger partial charge in [-0.15, -0.1) is 0 Å². The predicted octanol–water partition coefficient (Wildman–Crippen LogP) is 7.64. The Bertz CT molecular complexity index is 1100. The number of amides is 1. The quantitative estimate of drug-likeness (QED) is 0.313. The van der Waals surface area contributed by atoms with Gasteiger partial charge in [0.15, 0.2) is 6.29 Å². The van der Waals surface area contributed by atoms with Gasteiger partial charge in [0.1, 0.15) is 17.5 Å². The monoisotopic (exact) mass is 499 g/mol. The van der Waals surface area contributed by atoms with E-state index in [-0.39, 0.29) is 28.5 Å². The molecule has 3 aromatic carbocycles. The molecule has 3 aromatic rings. The minimum Gasteiger partial charge on any atom is -0.341 e. The maximum atomic E-state index is 13.5. The fourth-order valence-electron chi connectivity index (χ4n) is 3.16. The normalized spacial score (nSPS) is 10.3. The Kier molecular flexibility index (Phi) is 13.2. The van der Waals surface area contributed by atoms with Gasteiger partial charge < -0.3 is 4.90 Å². The Morgan fingerprint density at radius 2 is 1.28 bits per heavy atom. The average molecular weight is 500 g/mol. The molecule has 0 heterocycles. The molecule has 0 spiro atoms. The van der Waals surface area contributed by atoms with Gasteiger partial charge in [-0.05, 0) is 42.7 Å². The van der Waals surface area contributed by atoms with Crippen molar-refractivity contribution in [3.05, 3.63) is 107 Å². The molecule has 0 N–H and O–H groups in total. The van der Waals surface area contributed by atoms with Gasteiger partial charge in [0.05, 0.1) is 5.56 Å². The lowest BCUT2D eigenvalue weighted by atomic mass is 9.88. The smallest absolute Gasteiger partial charge is 0.228 e. The average Bonchev–Trinajstić information content (AvgIpc) is 2.87. The number of carbonyl (C=O) groups excluding carboxylic acids is 2. The van der Waals surface area contributed by atoms with Gasteiger partial charge in [0, 0.05) is 24.6 Å². The van der Waals surface area contributed by atoms with E-state index in [1.165, 1.54) is 24.3 Å². The van der Waals surface area contributed by atoms with Gasteiger partial charge in [0.25, 0.3) is 0 Å². The third kappa shape index (κ3) is 10.1. The van der Waals surface area contributed by atoms with Gasteiger partial charge in [-0.1, -0.05) is 82.6 Å². The van der Waals surface area contributed by atoms with Crippen LogP contribution >= 0.6 is 0 Å². The highest BCUT2D eigenvalue weighted by molar-refractivity contribution is 5.81. The third-order valence-corrected chi connectivity index (χ3v) is 5.68. The topological polar surface area (TPSA) is 37.4 Å². The summed E-state index contributed by atoms with van der Waals surface area (Å²) < 4.78 is 38.6. The number of carbonyl (C=O) groups is 2. The summed E-state index contributed by atoms with van der Waals surface area (Å²) in [6.45, 7) is 8.16. The van der Waals surface area contributed by atoms with E-state index in [0.717, 1.165) is 24.8 Å². The van der Waals surface area contributed by atoms with Crippen molar-refractivity contribution in [3.8, 4) is 0 Å². The number of hydrogen-bond acceptors (Lipinski definition) is 2. The summed E-state index contributed by atoms with van der Waals surface area (Å²) in [7, 11) is 1.71. The summed E-state index contributed by atoms with van der Waals surface area (Å²) >= 11 is 0. The molecule has 3 nitrogen and oxygen atoms in total. The lowest BCUT2D eigenvalue weighted by molar-refractivity contribution is -0.139. The molecule has 0 aliphatic heterocycles. The summed E-state index contributed by atoms with van der Waals surface area (Å²) in [6.07, 6.45) is 3.11. The number of rotatable bonds is 7. The van der Waals surface area contributed by atoms with E-state index in [4.69, 9.17) is 0 Å². The Hall–Kier alpha value is -3.41. The fraction of sp³-hybridized carbons (Fsp3) is 0.333. The molecule has 0 aliphatic rings. The number of benzene rings is 3. The van der Waals surface area contributed by atoms with Crippen LogP contribution in [0.25, 0.3) is 0 Å². The first-order valence-electron chi connectivity index (χ1n) is 12.0. The van der Waals surface area contributed by atoms with Crippen LogP contribution in [-0.4, -0.2) is 24.1 Å². The molecule has 36 heavy (non-hydrogen) atoms. The second-order valence-corrected chi connectivity index (χ2v) is 8.97. The molecule has 0 atom stereocenters. The molecule has 0 radical (unpaired) electrons. The Morgan fingerprint density at radius 1 is 0.806 bits per heavy atom. The first-order chi connectivity index (χ1) is 17.1. The van der Waals surface area contributed by atoms with Crippen LogP contribution in [0.3, 0.4) is 0 Å². The second kappa shape index (κ2) is 15.6. The summed E-state index contributed by atoms with van der Waals surface area (Å²) in [5, 5.41) is 0. The molecule has 6 heteroatoms.